The lowest BCUT2D eigenvalue weighted by Crippen LogP contribution is -2.13. The van der Waals surface area contributed by atoms with Crippen LogP contribution in [0, 0.1) is 0 Å². The van der Waals surface area contributed by atoms with Crippen molar-refractivity contribution >= 4 is 17.7 Å². The van der Waals surface area contributed by atoms with Gasteiger partial charge in [-0.05, 0) is 30.7 Å². The van der Waals surface area contributed by atoms with Gasteiger partial charge in [-0.15, -0.1) is 11.8 Å². The maximum absolute atomic E-state index is 10.6. The van der Waals surface area contributed by atoms with Gasteiger partial charge >= 0.3 is 0 Å². The molecular weight excluding hydrogens is 232 g/mol. The zero-order valence-electron chi connectivity index (χ0n) is 10.2. The molecule has 0 radical (unpaired) electrons. The van der Waals surface area contributed by atoms with Gasteiger partial charge < -0.3 is 11.1 Å². The molecule has 0 atom stereocenters. The molecule has 3 N–H and O–H groups in total. The lowest BCUT2D eigenvalue weighted by molar-refractivity contribution is -0.117. The molecule has 0 fully saturated rings. The summed E-state index contributed by atoms with van der Waals surface area (Å²) in [7, 11) is 0. The number of primary amides is 1. The Labute approximate surface area is 107 Å². The van der Waals surface area contributed by atoms with Crippen LogP contribution in [0.1, 0.15) is 25.3 Å². The van der Waals surface area contributed by atoms with E-state index >= 15 is 0 Å². The Morgan fingerprint density at radius 3 is 3.00 bits per heavy atom. The molecule has 0 aromatic heterocycles. The van der Waals surface area contributed by atoms with Crippen molar-refractivity contribution in [1.29, 1.82) is 0 Å². The molecule has 1 aromatic carbocycles. The van der Waals surface area contributed by atoms with Gasteiger partial charge in [0, 0.05) is 23.6 Å². The summed E-state index contributed by atoms with van der Waals surface area (Å²) < 4.78 is 0. The van der Waals surface area contributed by atoms with Crippen LogP contribution in [0.2, 0.25) is 0 Å². The van der Waals surface area contributed by atoms with E-state index in [0.717, 1.165) is 25.3 Å². The largest absolute Gasteiger partial charge is 0.370 e. The van der Waals surface area contributed by atoms with Crippen LogP contribution in [0.3, 0.4) is 0 Å². The van der Waals surface area contributed by atoms with Gasteiger partial charge in [0.25, 0.3) is 0 Å². The Morgan fingerprint density at radius 2 is 2.29 bits per heavy atom. The van der Waals surface area contributed by atoms with Crippen molar-refractivity contribution in [2.75, 3.05) is 12.3 Å². The van der Waals surface area contributed by atoms with Gasteiger partial charge in [-0.25, -0.2) is 0 Å². The van der Waals surface area contributed by atoms with Crippen LogP contribution in [0.4, 0.5) is 0 Å². The fraction of sp³-hybridized carbons (Fsp3) is 0.462. The van der Waals surface area contributed by atoms with Gasteiger partial charge in [-0.1, -0.05) is 19.1 Å². The predicted octanol–water partition coefficient (Wildman–Crippen LogP) is 2.15. The first-order valence-electron chi connectivity index (χ1n) is 5.93. The average Bonchev–Trinajstić information content (AvgIpc) is 2.29. The standard InChI is InChI=1S/C13H20N2OS/c1-2-7-15-10-11-4-3-5-12(9-11)17-8-6-13(14)16/h3-5,9,15H,2,6-8,10H2,1H3,(H2,14,16). The monoisotopic (exact) mass is 252 g/mol. The van der Waals surface area contributed by atoms with Gasteiger partial charge in [0.1, 0.15) is 0 Å². The van der Waals surface area contributed by atoms with E-state index in [1.165, 1.54) is 10.5 Å². The summed E-state index contributed by atoms with van der Waals surface area (Å²) in [4.78, 5) is 11.8. The van der Waals surface area contributed by atoms with Crippen molar-refractivity contribution < 1.29 is 4.79 Å². The maximum Gasteiger partial charge on any atom is 0.218 e. The van der Waals surface area contributed by atoms with E-state index in [-0.39, 0.29) is 5.91 Å². The van der Waals surface area contributed by atoms with E-state index in [1.807, 2.05) is 0 Å². The summed E-state index contributed by atoms with van der Waals surface area (Å²) in [6, 6.07) is 8.39. The number of benzene rings is 1. The summed E-state index contributed by atoms with van der Waals surface area (Å²) in [6.45, 7) is 4.10. The topological polar surface area (TPSA) is 55.1 Å². The van der Waals surface area contributed by atoms with Gasteiger partial charge in [0.05, 0.1) is 0 Å². The molecule has 0 aliphatic rings. The number of carbonyl (C=O) groups excluding carboxylic acids is 1. The van der Waals surface area contributed by atoms with Crippen molar-refractivity contribution in [3.8, 4) is 0 Å². The molecule has 0 saturated heterocycles. The highest BCUT2D eigenvalue weighted by molar-refractivity contribution is 7.99. The predicted molar refractivity (Wildman–Crippen MR) is 73.0 cm³/mol. The molecular formula is C13H20N2OS. The molecule has 1 amide bonds. The average molecular weight is 252 g/mol. The highest BCUT2D eigenvalue weighted by atomic mass is 32.2. The van der Waals surface area contributed by atoms with Gasteiger partial charge in [-0.3, -0.25) is 4.79 Å². The Balaban J connectivity index is 2.39. The zero-order valence-corrected chi connectivity index (χ0v) is 11.1. The van der Waals surface area contributed by atoms with Gasteiger partial charge in [0.15, 0.2) is 0 Å². The van der Waals surface area contributed by atoms with Crippen LogP contribution >= 0.6 is 11.8 Å². The van der Waals surface area contributed by atoms with Crippen LogP contribution in [-0.2, 0) is 11.3 Å². The van der Waals surface area contributed by atoms with Crippen molar-refractivity contribution in [3.63, 3.8) is 0 Å². The third-order valence-corrected chi connectivity index (χ3v) is 3.27. The van der Waals surface area contributed by atoms with Crippen LogP contribution in [0.15, 0.2) is 29.2 Å². The van der Waals surface area contributed by atoms with Gasteiger partial charge in [-0.2, -0.15) is 0 Å². The number of carbonyl (C=O) groups is 1. The minimum Gasteiger partial charge on any atom is -0.370 e. The minimum absolute atomic E-state index is 0.238. The van der Waals surface area contributed by atoms with Crippen molar-refractivity contribution in [2.45, 2.75) is 31.2 Å². The highest BCUT2D eigenvalue weighted by Crippen LogP contribution is 2.19. The fourth-order valence-corrected chi connectivity index (χ4v) is 2.37. The molecule has 0 bridgehead atoms. The van der Waals surface area contributed by atoms with E-state index in [1.54, 1.807) is 11.8 Å². The molecule has 0 aliphatic heterocycles. The van der Waals surface area contributed by atoms with E-state index < -0.39 is 0 Å². The Kier molecular flexibility index (Phi) is 6.74. The second-order valence-corrected chi connectivity index (χ2v) is 5.06. The third kappa shape index (κ3) is 6.34. The molecule has 17 heavy (non-hydrogen) atoms. The van der Waals surface area contributed by atoms with Crippen molar-refractivity contribution in [1.82, 2.24) is 5.32 Å². The molecule has 0 heterocycles. The normalized spacial score (nSPS) is 10.4. The third-order valence-electron chi connectivity index (χ3n) is 2.27. The Bertz CT molecular complexity index is 355. The number of nitrogens with two attached hydrogens (primary N) is 1. The summed E-state index contributed by atoms with van der Waals surface area (Å²) >= 11 is 1.67. The van der Waals surface area contributed by atoms with Crippen LogP contribution in [0.5, 0.6) is 0 Å². The van der Waals surface area contributed by atoms with E-state index in [2.05, 4.69) is 36.5 Å². The second-order valence-electron chi connectivity index (χ2n) is 3.89. The van der Waals surface area contributed by atoms with E-state index in [0.29, 0.717) is 6.42 Å². The molecule has 0 unspecified atom stereocenters. The summed E-state index contributed by atoms with van der Waals surface area (Å²) in [5.41, 5.74) is 6.39. The molecule has 1 rings (SSSR count). The second kappa shape index (κ2) is 8.14. The zero-order chi connectivity index (χ0) is 12.5. The van der Waals surface area contributed by atoms with Crippen LogP contribution in [-0.4, -0.2) is 18.2 Å². The summed E-state index contributed by atoms with van der Waals surface area (Å²) in [5, 5.41) is 3.37. The van der Waals surface area contributed by atoms with Crippen LogP contribution < -0.4 is 11.1 Å². The number of amides is 1. The van der Waals surface area contributed by atoms with Crippen LogP contribution in [0.25, 0.3) is 0 Å². The molecule has 3 nitrogen and oxygen atoms in total. The molecule has 94 valence electrons. The SMILES string of the molecule is CCCNCc1cccc(SCCC(N)=O)c1. The van der Waals surface area contributed by atoms with E-state index in [4.69, 9.17) is 5.73 Å². The van der Waals surface area contributed by atoms with E-state index in [9.17, 15) is 4.79 Å². The lowest BCUT2D eigenvalue weighted by Gasteiger charge is -2.05. The minimum atomic E-state index is -0.238. The van der Waals surface area contributed by atoms with Crippen molar-refractivity contribution in [3.05, 3.63) is 29.8 Å². The Hall–Kier alpha value is -1.00. The fourth-order valence-electron chi connectivity index (χ4n) is 1.42. The number of hydrogen-bond acceptors (Lipinski definition) is 3. The quantitative estimate of drug-likeness (QED) is 0.550. The number of hydrogen-bond donors (Lipinski definition) is 2. The number of nitrogens with one attached hydrogen (secondary N) is 1. The number of thioether (sulfide) groups is 1. The molecule has 4 heteroatoms. The number of rotatable bonds is 8. The molecule has 0 spiro atoms. The van der Waals surface area contributed by atoms with Crippen molar-refractivity contribution in [2.24, 2.45) is 5.73 Å². The first-order valence-corrected chi connectivity index (χ1v) is 6.91. The maximum atomic E-state index is 10.6. The Morgan fingerprint density at radius 1 is 1.47 bits per heavy atom. The molecule has 0 saturated carbocycles. The summed E-state index contributed by atoms with van der Waals surface area (Å²) in [6.07, 6.45) is 1.58. The first kappa shape index (κ1) is 14.1. The van der Waals surface area contributed by atoms with Gasteiger partial charge in [0.2, 0.25) is 5.91 Å². The first-order chi connectivity index (χ1) is 8.22. The highest BCUT2D eigenvalue weighted by Gasteiger charge is 1.99. The lowest BCUT2D eigenvalue weighted by atomic mass is 10.2. The summed E-state index contributed by atoms with van der Waals surface area (Å²) in [5.74, 6) is 0.513. The molecule has 0 aliphatic carbocycles. The smallest absolute Gasteiger partial charge is 0.218 e. The molecule has 1 aromatic rings.